The van der Waals surface area contributed by atoms with Crippen LogP contribution in [0.2, 0.25) is 0 Å². The van der Waals surface area contributed by atoms with Crippen molar-refractivity contribution in [3.8, 4) is 0 Å². The molecule has 0 N–H and O–H groups in total. The highest BCUT2D eigenvalue weighted by molar-refractivity contribution is 7.86. The largest absolute Gasteiger partial charge is 0.743 e. The lowest BCUT2D eigenvalue weighted by molar-refractivity contribution is -0.697. The van der Waals surface area contributed by atoms with Crippen molar-refractivity contribution in [3.05, 3.63) is 30.6 Å². The zero-order valence-corrected chi connectivity index (χ0v) is 27.8. The number of alkyl halides is 17. The van der Waals surface area contributed by atoms with Gasteiger partial charge in [-0.1, -0.05) is 90.0 Å². The maximum atomic E-state index is 13.0. The molecule has 0 radical (unpaired) electrons. The van der Waals surface area contributed by atoms with Gasteiger partial charge in [-0.25, -0.2) is 13.0 Å². The second-order valence-electron chi connectivity index (χ2n) is 11.6. The summed E-state index contributed by atoms with van der Waals surface area (Å²) < 4.78 is 246. The molecule has 0 atom stereocenters. The molecule has 302 valence electrons. The number of pyridine rings is 1. The lowest BCUT2D eigenvalue weighted by atomic mass is 9.91. The quantitative estimate of drug-likeness (QED) is 0.0508. The molecule has 0 aromatic carbocycles. The lowest BCUT2D eigenvalue weighted by Crippen LogP contribution is -2.75. The van der Waals surface area contributed by atoms with Crippen molar-refractivity contribution in [3.63, 3.8) is 0 Å². The number of aromatic nitrogens is 1. The van der Waals surface area contributed by atoms with E-state index in [4.69, 9.17) is 0 Å². The van der Waals surface area contributed by atoms with E-state index in [1.807, 2.05) is 0 Å². The van der Waals surface area contributed by atoms with Gasteiger partial charge in [-0.15, -0.1) is 0 Å². The van der Waals surface area contributed by atoms with E-state index in [9.17, 15) is 87.6 Å². The van der Waals surface area contributed by atoms with E-state index in [1.165, 1.54) is 96.4 Å². The normalized spacial score (nSPS) is 14.3. The van der Waals surface area contributed by atoms with Gasteiger partial charge < -0.3 is 4.55 Å². The van der Waals surface area contributed by atoms with Crippen LogP contribution < -0.4 is 4.57 Å². The fourth-order valence-electron chi connectivity index (χ4n) is 4.38. The Bertz CT molecular complexity index is 1260. The standard InChI is InChI=1S/C21H38N.C8HF17O3S/c1-2-3-4-5-6-7-8-9-10-11-12-13-14-16-19-22-20-17-15-18-21-22;9-1(10,3(13,14)5(17,18)7(21,22)23)2(11,12)4(15,16)6(19,20)8(24,25)29(26,27)28/h15,17-18,20-21H,2-14,16,19H2,1H3;(H,26,27,28)/q+1;/p-1. The molecule has 0 fully saturated rings. The van der Waals surface area contributed by atoms with Gasteiger partial charge in [0.25, 0.3) is 0 Å². The first-order valence-electron chi connectivity index (χ1n) is 15.5. The third-order valence-corrected chi connectivity index (χ3v) is 8.44. The van der Waals surface area contributed by atoms with Crippen LogP contribution >= 0.6 is 0 Å². The summed E-state index contributed by atoms with van der Waals surface area (Å²) >= 11 is 0. The van der Waals surface area contributed by atoms with Crippen molar-refractivity contribution in [2.75, 3.05) is 0 Å². The van der Waals surface area contributed by atoms with Crippen LogP contribution in [0.25, 0.3) is 0 Å². The number of nitrogens with zero attached hydrogens (tertiary/aromatic N) is 1. The monoisotopic (exact) mass is 803 g/mol. The summed E-state index contributed by atoms with van der Waals surface area (Å²) in [5.41, 5.74) is 0. The molecule has 1 aromatic rings. The first-order valence-corrected chi connectivity index (χ1v) is 16.9. The van der Waals surface area contributed by atoms with E-state index in [-0.39, 0.29) is 0 Å². The summed E-state index contributed by atoms with van der Waals surface area (Å²) in [6.07, 6.45) is 16.5. The van der Waals surface area contributed by atoms with Gasteiger partial charge in [0.05, 0.1) is 0 Å². The SMILES string of the molecule is CCCCCCCCCCCCCCCC[n+]1ccccc1.O=S(=O)([O-])C(F)(F)C(F)(F)C(F)(F)C(F)(F)C(F)(F)C(F)(F)C(F)(F)C(F)(F)F. The number of aryl methyl sites for hydroxylation is 1. The molecule has 0 bridgehead atoms. The minimum Gasteiger partial charge on any atom is -0.743 e. The maximum absolute atomic E-state index is 13.0. The summed E-state index contributed by atoms with van der Waals surface area (Å²) in [7, 11) is -8.14. The molecule has 1 rings (SSSR count). The van der Waals surface area contributed by atoms with Crippen LogP contribution in [0.5, 0.6) is 0 Å². The average molecular weight is 804 g/mol. The molecule has 4 nitrogen and oxygen atoms in total. The molecule has 51 heavy (non-hydrogen) atoms. The second-order valence-corrected chi connectivity index (χ2v) is 13.0. The molecule has 1 aromatic heterocycles. The van der Waals surface area contributed by atoms with Crippen LogP contribution in [-0.4, -0.2) is 59.9 Å². The number of halogens is 17. The van der Waals surface area contributed by atoms with Gasteiger partial charge >= 0.3 is 47.0 Å². The van der Waals surface area contributed by atoms with E-state index < -0.39 is 57.1 Å². The van der Waals surface area contributed by atoms with E-state index in [2.05, 4.69) is 42.1 Å². The van der Waals surface area contributed by atoms with Crippen LogP contribution in [0, 0.1) is 0 Å². The van der Waals surface area contributed by atoms with Gasteiger partial charge in [0.1, 0.15) is 6.54 Å². The molecule has 22 heteroatoms. The first-order chi connectivity index (χ1) is 22.9. The number of unbranched alkanes of at least 4 members (excludes halogenated alkanes) is 13. The fraction of sp³-hybridized carbons (Fsp3) is 0.828. The smallest absolute Gasteiger partial charge is 0.460 e. The molecule has 0 aliphatic heterocycles. The van der Waals surface area contributed by atoms with Gasteiger partial charge in [-0.3, -0.25) is 0 Å². The van der Waals surface area contributed by atoms with Crippen molar-refractivity contribution in [1.82, 2.24) is 0 Å². The van der Waals surface area contributed by atoms with E-state index in [0.29, 0.717) is 0 Å². The van der Waals surface area contributed by atoms with Crippen LogP contribution in [0.3, 0.4) is 0 Å². The maximum Gasteiger partial charge on any atom is 0.460 e. The number of rotatable bonds is 22. The van der Waals surface area contributed by atoms with Crippen LogP contribution in [0.1, 0.15) is 96.8 Å². The summed E-state index contributed by atoms with van der Waals surface area (Å²) in [5.74, 6) is -52.1. The number of hydrogen-bond donors (Lipinski definition) is 0. The third kappa shape index (κ3) is 11.4. The predicted octanol–water partition coefficient (Wildman–Crippen LogP) is 11.0. The Morgan fingerprint density at radius 1 is 0.451 bits per heavy atom. The molecule has 0 unspecified atom stereocenters. The molecule has 0 aliphatic rings. The Hall–Kier alpha value is -2.13. The predicted molar refractivity (Wildman–Crippen MR) is 147 cm³/mol. The third-order valence-electron chi connectivity index (χ3n) is 7.55. The molecule has 0 aliphatic carbocycles. The van der Waals surface area contributed by atoms with Gasteiger partial charge in [0.2, 0.25) is 0 Å². The van der Waals surface area contributed by atoms with Gasteiger partial charge in [0.15, 0.2) is 22.5 Å². The lowest BCUT2D eigenvalue weighted by Gasteiger charge is -2.42. The fourth-order valence-corrected chi connectivity index (χ4v) is 4.82. The van der Waals surface area contributed by atoms with Crippen LogP contribution in [0.15, 0.2) is 30.6 Å². The van der Waals surface area contributed by atoms with Crippen molar-refractivity contribution in [1.29, 1.82) is 0 Å². The van der Waals surface area contributed by atoms with Crippen LogP contribution in [-0.2, 0) is 16.7 Å². The van der Waals surface area contributed by atoms with E-state index >= 15 is 0 Å². The molecular formula is C29H38F17NO3S. The van der Waals surface area contributed by atoms with Gasteiger partial charge in [-0.05, 0) is 6.42 Å². The second kappa shape index (κ2) is 18.8. The van der Waals surface area contributed by atoms with E-state index in [1.54, 1.807) is 0 Å². The molecule has 0 saturated carbocycles. The minimum absolute atomic E-state index is 1.18. The number of hydrogen-bond acceptors (Lipinski definition) is 3. The summed E-state index contributed by atoms with van der Waals surface area (Å²) in [4.78, 5) is 0. The highest BCUT2D eigenvalue weighted by atomic mass is 32.2. The van der Waals surface area contributed by atoms with Crippen molar-refractivity contribution in [2.24, 2.45) is 0 Å². The Balaban J connectivity index is 0.00000102. The summed E-state index contributed by atoms with van der Waals surface area (Å²) in [6, 6.07) is 6.31. The van der Waals surface area contributed by atoms with Crippen LogP contribution in [0.4, 0.5) is 74.6 Å². The zero-order valence-electron chi connectivity index (χ0n) is 27.0. The molecule has 0 saturated heterocycles. The highest BCUT2D eigenvalue weighted by Gasteiger charge is 2.95. The Morgan fingerprint density at radius 2 is 0.745 bits per heavy atom. The Morgan fingerprint density at radius 3 is 1.06 bits per heavy atom. The van der Waals surface area contributed by atoms with Crippen molar-refractivity contribution < 1.29 is 92.2 Å². The Labute approximate surface area is 283 Å². The van der Waals surface area contributed by atoms with Gasteiger partial charge in [0, 0.05) is 18.6 Å². The van der Waals surface area contributed by atoms with Crippen molar-refractivity contribution >= 4 is 10.1 Å². The zero-order chi connectivity index (χ0) is 40.2. The molecule has 0 spiro atoms. The summed E-state index contributed by atoms with van der Waals surface area (Å²) in [6.45, 7) is 3.47. The average Bonchev–Trinajstić information content (AvgIpc) is 3.00. The van der Waals surface area contributed by atoms with E-state index in [0.717, 1.165) is 0 Å². The van der Waals surface area contributed by atoms with Gasteiger partial charge in [-0.2, -0.15) is 74.6 Å². The first kappa shape index (κ1) is 48.9. The van der Waals surface area contributed by atoms with Crippen molar-refractivity contribution in [2.45, 2.75) is 150 Å². The topological polar surface area (TPSA) is 61.1 Å². The summed E-state index contributed by atoms with van der Waals surface area (Å²) in [5, 5.41) is -7.95. The minimum atomic E-state index is -8.92. The highest BCUT2D eigenvalue weighted by Crippen LogP contribution is 2.64. The molecule has 0 amide bonds. The molecular weight excluding hydrogens is 765 g/mol. The molecule has 1 heterocycles. The Kier molecular flexibility index (Phi) is 18.0.